The molecule has 0 atom stereocenters. The highest BCUT2D eigenvalue weighted by Crippen LogP contribution is 2.08. The Balaban J connectivity index is 2.34. The third kappa shape index (κ3) is 4.75. The molecule has 16 heavy (non-hydrogen) atoms. The lowest BCUT2D eigenvalue weighted by Gasteiger charge is -2.09. The molecule has 0 heterocycles. The summed E-state index contributed by atoms with van der Waals surface area (Å²) in [5, 5.41) is 2.44. The van der Waals surface area contributed by atoms with Crippen LogP contribution >= 0.6 is 0 Å². The van der Waals surface area contributed by atoms with Crippen LogP contribution < -0.4 is 10.8 Å². The number of amides is 2. The molecular weight excluding hydrogens is 211 g/mol. The number of halogens is 1. The van der Waals surface area contributed by atoms with Crippen LogP contribution in [0, 0.1) is 11.7 Å². The molecule has 0 aliphatic rings. The fraction of sp³-hybridized carbons (Fsp3) is 0.364. The smallest absolute Gasteiger partial charge is 0.306 e. The van der Waals surface area contributed by atoms with Gasteiger partial charge < -0.3 is 5.32 Å². The number of anilines is 1. The van der Waals surface area contributed by atoms with Crippen molar-refractivity contribution < 1.29 is 14.0 Å². The number of hydrogen-bond donors (Lipinski definition) is 2. The van der Waals surface area contributed by atoms with E-state index in [1.54, 1.807) is 6.07 Å². The van der Waals surface area contributed by atoms with Crippen LogP contribution in [0.4, 0.5) is 14.9 Å². The Morgan fingerprint density at radius 2 is 2.25 bits per heavy atom. The summed E-state index contributed by atoms with van der Waals surface area (Å²) in [6.07, 6.45) is 0. The van der Waals surface area contributed by atoms with Crippen molar-refractivity contribution in [2.24, 2.45) is 5.92 Å². The first-order valence-corrected chi connectivity index (χ1v) is 5.02. The van der Waals surface area contributed by atoms with Crippen LogP contribution in [-0.4, -0.2) is 12.6 Å². The number of benzene rings is 1. The highest BCUT2D eigenvalue weighted by atomic mass is 19.1. The normalized spacial score (nSPS) is 10.2. The Morgan fingerprint density at radius 3 is 2.88 bits per heavy atom. The van der Waals surface area contributed by atoms with Gasteiger partial charge >= 0.3 is 6.03 Å². The molecule has 2 N–H and O–H groups in total. The Labute approximate surface area is 93.8 Å². The predicted molar refractivity (Wildman–Crippen MR) is 59.3 cm³/mol. The van der Waals surface area contributed by atoms with Crippen molar-refractivity contribution in [2.45, 2.75) is 13.8 Å². The molecule has 0 aliphatic heterocycles. The van der Waals surface area contributed by atoms with Gasteiger partial charge in [0, 0.05) is 5.69 Å². The number of nitrogens with one attached hydrogen (secondary N) is 2. The van der Waals surface area contributed by atoms with Crippen LogP contribution in [0.15, 0.2) is 24.3 Å². The largest absolute Gasteiger partial charge is 0.343 e. The quantitative estimate of drug-likeness (QED) is 0.775. The third-order valence-electron chi connectivity index (χ3n) is 1.66. The van der Waals surface area contributed by atoms with Gasteiger partial charge in [-0.25, -0.2) is 14.7 Å². The summed E-state index contributed by atoms with van der Waals surface area (Å²) < 4.78 is 12.8. The van der Waals surface area contributed by atoms with Gasteiger partial charge in [0.15, 0.2) is 0 Å². The van der Waals surface area contributed by atoms with Crippen LogP contribution in [0.2, 0.25) is 0 Å². The molecule has 0 spiro atoms. The van der Waals surface area contributed by atoms with Gasteiger partial charge in [0.1, 0.15) is 5.82 Å². The summed E-state index contributed by atoms with van der Waals surface area (Å²) in [5.41, 5.74) is 2.59. The molecule has 0 unspecified atom stereocenters. The Kier molecular flexibility index (Phi) is 4.72. The Bertz CT molecular complexity index is 356. The average Bonchev–Trinajstić information content (AvgIpc) is 2.16. The zero-order valence-corrected chi connectivity index (χ0v) is 9.29. The first kappa shape index (κ1) is 12.4. The molecule has 0 radical (unpaired) electrons. The molecule has 0 saturated heterocycles. The van der Waals surface area contributed by atoms with Crippen molar-refractivity contribution >= 4 is 11.7 Å². The maximum Gasteiger partial charge on any atom is 0.343 e. The number of urea groups is 1. The maximum absolute atomic E-state index is 12.8. The van der Waals surface area contributed by atoms with E-state index in [2.05, 4.69) is 10.8 Å². The summed E-state index contributed by atoms with van der Waals surface area (Å²) in [4.78, 5) is 16.1. The van der Waals surface area contributed by atoms with E-state index in [4.69, 9.17) is 4.84 Å². The lowest BCUT2D eigenvalue weighted by atomic mass is 10.2. The minimum Gasteiger partial charge on any atom is -0.306 e. The number of carbonyl (C=O) groups is 1. The molecule has 1 aromatic carbocycles. The Morgan fingerprint density at radius 1 is 1.50 bits per heavy atom. The monoisotopic (exact) mass is 226 g/mol. The molecule has 88 valence electrons. The molecule has 1 rings (SSSR count). The van der Waals surface area contributed by atoms with Crippen LogP contribution in [-0.2, 0) is 4.84 Å². The van der Waals surface area contributed by atoms with Gasteiger partial charge in [-0.05, 0) is 24.1 Å². The van der Waals surface area contributed by atoms with Gasteiger partial charge in [-0.2, -0.15) is 0 Å². The molecule has 0 bridgehead atoms. The van der Waals surface area contributed by atoms with Gasteiger partial charge in [-0.3, -0.25) is 4.84 Å². The zero-order valence-electron chi connectivity index (χ0n) is 9.29. The molecule has 0 fully saturated rings. The minimum atomic E-state index is -0.522. The van der Waals surface area contributed by atoms with Crippen LogP contribution in [0.5, 0.6) is 0 Å². The number of carbonyl (C=O) groups excluding carboxylic acids is 1. The summed E-state index contributed by atoms with van der Waals surface area (Å²) in [6.45, 7) is 4.36. The fourth-order valence-electron chi connectivity index (χ4n) is 0.997. The summed E-state index contributed by atoms with van der Waals surface area (Å²) in [5.74, 6) is -0.0737. The maximum atomic E-state index is 12.8. The highest BCUT2D eigenvalue weighted by molar-refractivity contribution is 5.88. The molecule has 1 aromatic rings. The van der Waals surface area contributed by atoms with Gasteiger partial charge in [0.05, 0.1) is 6.61 Å². The van der Waals surface area contributed by atoms with E-state index in [0.717, 1.165) is 0 Å². The predicted octanol–water partition coefficient (Wildman–Crippen LogP) is 2.53. The summed E-state index contributed by atoms with van der Waals surface area (Å²) in [7, 11) is 0. The van der Waals surface area contributed by atoms with E-state index in [9.17, 15) is 9.18 Å². The highest BCUT2D eigenvalue weighted by Gasteiger charge is 2.02. The van der Waals surface area contributed by atoms with E-state index >= 15 is 0 Å². The summed E-state index contributed by atoms with van der Waals surface area (Å²) in [6, 6.07) is 5.11. The molecule has 5 heteroatoms. The van der Waals surface area contributed by atoms with Gasteiger partial charge in [-0.15, -0.1) is 0 Å². The van der Waals surface area contributed by atoms with E-state index in [1.807, 2.05) is 13.8 Å². The lowest BCUT2D eigenvalue weighted by Crippen LogP contribution is -2.30. The molecular formula is C11H15FN2O2. The van der Waals surface area contributed by atoms with Crippen LogP contribution in [0.3, 0.4) is 0 Å². The minimum absolute atomic E-state index is 0.328. The van der Waals surface area contributed by atoms with E-state index in [1.165, 1.54) is 18.2 Å². The third-order valence-corrected chi connectivity index (χ3v) is 1.66. The molecule has 4 nitrogen and oxygen atoms in total. The first-order valence-electron chi connectivity index (χ1n) is 5.02. The molecule has 0 saturated carbocycles. The zero-order chi connectivity index (χ0) is 12.0. The van der Waals surface area contributed by atoms with E-state index < -0.39 is 11.8 Å². The van der Waals surface area contributed by atoms with Crippen molar-refractivity contribution in [1.82, 2.24) is 5.48 Å². The Hall–Kier alpha value is -1.62. The van der Waals surface area contributed by atoms with Crippen LogP contribution in [0.25, 0.3) is 0 Å². The van der Waals surface area contributed by atoms with Crippen molar-refractivity contribution in [1.29, 1.82) is 0 Å². The average molecular weight is 226 g/mol. The van der Waals surface area contributed by atoms with Crippen molar-refractivity contribution in [2.75, 3.05) is 11.9 Å². The number of rotatable bonds is 4. The SMILES string of the molecule is CC(C)CONC(=O)Nc1cccc(F)c1. The second kappa shape index (κ2) is 6.07. The lowest BCUT2D eigenvalue weighted by molar-refractivity contribution is 0.0482. The van der Waals surface area contributed by atoms with Gasteiger partial charge in [0.2, 0.25) is 0 Å². The number of hydrogen-bond acceptors (Lipinski definition) is 2. The number of hydroxylamine groups is 1. The second-order valence-electron chi connectivity index (χ2n) is 3.77. The van der Waals surface area contributed by atoms with Gasteiger partial charge in [0.25, 0.3) is 0 Å². The fourth-order valence-corrected chi connectivity index (χ4v) is 0.997. The van der Waals surface area contributed by atoms with Crippen molar-refractivity contribution in [3.63, 3.8) is 0 Å². The second-order valence-corrected chi connectivity index (χ2v) is 3.77. The first-order chi connectivity index (χ1) is 7.58. The van der Waals surface area contributed by atoms with Crippen LogP contribution in [0.1, 0.15) is 13.8 Å². The molecule has 0 aliphatic carbocycles. The van der Waals surface area contributed by atoms with E-state index in [-0.39, 0.29) is 0 Å². The van der Waals surface area contributed by atoms with E-state index in [0.29, 0.717) is 18.2 Å². The summed E-state index contributed by atoms with van der Waals surface area (Å²) >= 11 is 0. The molecule has 0 aromatic heterocycles. The topological polar surface area (TPSA) is 50.4 Å². The standard InChI is InChI=1S/C11H15FN2O2/c1-8(2)7-16-14-11(15)13-10-5-3-4-9(12)6-10/h3-6,8H,7H2,1-2H3,(H2,13,14,15). The molecule has 2 amide bonds. The van der Waals surface area contributed by atoms with Crippen molar-refractivity contribution in [3.05, 3.63) is 30.1 Å². The van der Waals surface area contributed by atoms with Gasteiger partial charge in [-0.1, -0.05) is 19.9 Å². The van der Waals surface area contributed by atoms with Crippen molar-refractivity contribution in [3.8, 4) is 0 Å².